The molecule has 0 heteroatoms. The molecule has 0 aliphatic carbocycles. The summed E-state index contributed by atoms with van der Waals surface area (Å²) in [7, 11) is 0. The molecule has 0 atom stereocenters. The van der Waals surface area contributed by atoms with E-state index >= 15 is 0 Å². The standard InChI is InChI=1S/C62H56/c1-61(2,3)57-37-33-51(34-38-57)59(49-15-9-7-10-16-49)41-47-25-21-45(22-26-47)29-31-55-43-53-19-13-14-20-54(53)44-56(55)32-30-46-23-27-48(28-24-46)42-60(50-17-11-8-12-18-50)52-35-39-58(40-36-52)62(4,5)6/h7-44H,1-6H3/b31-29-,32-30-,59-41-,60-42-. The molecule has 0 aliphatic heterocycles. The Balaban J connectivity index is 1.04. The SMILES string of the molecule is CC(C)(C)c1ccc(/C(=C\c2ccc(/C=C\c3cc4ccccc4cc3/C=C\c3ccc(/C=C(/c4ccccc4)c4ccc(C(C)(C)C)cc4)cc3)cc2)c2ccccc2)cc1. The number of benzene rings is 8. The Morgan fingerprint density at radius 2 is 0.613 bits per heavy atom. The molecule has 8 aromatic rings. The van der Waals surface area contributed by atoms with Crippen molar-refractivity contribution in [2.75, 3.05) is 0 Å². The molecule has 0 amide bonds. The van der Waals surface area contributed by atoms with Gasteiger partial charge in [-0.15, -0.1) is 0 Å². The molecule has 0 aromatic heterocycles. The van der Waals surface area contributed by atoms with Gasteiger partial charge in [-0.05, 0) is 124 Å². The highest BCUT2D eigenvalue weighted by atomic mass is 14.2. The Hall–Kier alpha value is -7.02. The molecule has 0 fully saturated rings. The van der Waals surface area contributed by atoms with E-state index in [4.69, 9.17) is 0 Å². The van der Waals surface area contributed by atoms with Crippen LogP contribution in [0.3, 0.4) is 0 Å². The van der Waals surface area contributed by atoms with Gasteiger partial charge in [-0.25, -0.2) is 0 Å². The summed E-state index contributed by atoms with van der Waals surface area (Å²) in [6.45, 7) is 13.6. The zero-order valence-electron chi connectivity index (χ0n) is 36.9. The van der Waals surface area contributed by atoms with Crippen LogP contribution in [0.15, 0.2) is 194 Å². The fourth-order valence-corrected chi connectivity index (χ4v) is 7.88. The minimum absolute atomic E-state index is 0.113. The lowest BCUT2D eigenvalue weighted by Crippen LogP contribution is -2.10. The molecule has 0 unspecified atom stereocenters. The lowest BCUT2D eigenvalue weighted by atomic mass is 9.85. The van der Waals surface area contributed by atoms with Gasteiger partial charge in [-0.1, -0.05) is 248 Å². The first-order valence-electron chi connectivity index (χ1n) is 21.8. The molecule has 0 bridgehead atoms. The van der Waals surface area contributed by atoms with Crippen LogP contribution in [0.4, 0.5) is 0 Å². The summed E-state index contributed by atoms with van der Waals surface area (Å²) in [4.78, 5) is 0. The van der Waals surface area contributed by atoms with E-state index < -0.39 is 0 Å². The van der Waals surface area contributed by atoms with E-state index in [1.165, 1.54) is 77.6 Å². The van der Waals surface area contributed by atoms with Crippen LogP contribution in [0.25, 0.3) is 58.4 Å². The summed E-state index contributed by atoms with van der Waals surface area (Å²) in [6, 6.07) is 70.4. The fourth-order valence-electron chi connectivity index (χ4n) is 7.88. The van der Waals surface area contributed by atoms with Gasteiger partial charge in [0, 0.05) is 0 Å². The minimum Gasteiger partial charge on any atom is -0.0622 e. The van der Waals surface area contributed by atoms with E-state index in [1.807, 2.05) is 0 Å². The van der Waals surface area contributed by atoms with Crippen LogP contribution in [-0.4, -0.2) is 0 Å². The molecular formula is C62H56. The number of hydrogen-bond donors (Lipinski definition) is 0. The summed E-state index contributed by atoms with van der Waals surface area (Å²) >= 11 is 0. The molecule has 0 nitrogen and oxygen atoms in total. The summed E-state index contributed by atoms with van der Waals surface area (Å²) in [6.07, 6.45) is 13.5. The molecule has 8 rings (SSSR count). The van der Waals surface area contributed by atoms with E-state index in [0.29, 0.717) is 0 Å². The van der Waals surface area contributed by atoms with Gasteiger partial charge >= 0.3 is 0 Å². The largest absolute Gasteiger partial charge is 0.0622 e. The second kappa shape index (κ2) is 18.3. The third-order valence-corrected chi connectivity index (χ3v) is 11.7. The highest BCUT2D eigenvalue weighted by Crippen LogP contribution is 2.32. The summed E-state index contributed by atoms with van der Waals surface area (Å²) in [5, 5.41) is 2.46. The lowest BCUT2D eigenvalue weighted by molar-refractivity contribution is 0.590. The second-order valence-electron chi connectivity index (χ2n) is 18.3. The fraction of sp³-hybridized carbons (Fsp3) is 0.129. The van der Waals surface area contributed by atoms with Gasteiger partial charge in [-0.3, -0.25) is 0 Å². The van der Waals surface area contributed by atoms with Crippen molar-refractivity contribution in [3.63, 3.8) is 0 Å². The Morgan fingerprint density at radius 1 is 0.306 bits per heavy atom. The van der Waals surface area contributed by atoms with Crippen LogP contribution in [0.2, 0.25) is 0 Å². The van der Waals surface area contributed by atoms with Crippen molar-refractivity contribution < 1.29 is 0 Å². The number of hydrogen-bond acceptors (Lipinski definition) is 0. The predicted octanol–water partition coefficient (Wildman–Crippen LogP) is 17.0. The Labute approximate surface area is 370 Å². The van der Waals surface area contributed by atoms with Crippen molar-refractivity contribution in [2.45, 2.75) is 52.4 Å². The van der Waals surface area contributed by atoms with Gasteiger partial charge in [0.15, 0.2) is 0 Å². The van der Waals surface area contributed by atoms with E-state index in [0.717, 1.165) is 11.1 Å². The zero-order valence-corrected chi connectivity index (χ0v) is 36.9. The minimum atomic E-state index is 0.113. The van der Waals surface area contributed by atoms with E-state index in [9.17, 15) is 0 Å². The van der Waals surface area contributed by atoms with Crippen LogP contribution in [0, 0.1) is 0 Å². The van der Waals surface area contributed by atoms with E-state index in [2.05, 4.69) is 272 Å². The lowest BCUT2D eigenvalue weighted by Gasteiger charge is -2.19. The number of rotatable bonds is 10. The Kier molecular flexibility index (Phi) is 12.3. The first kappa shape index (κ1) is 41.7. The van der Waals surface area contributed by atoms with Gasteiger partial charge in [0.2, 0.25) is 0 Å². The van der Waals surface area contributed by atoms with Crippen LogP contribution >= 0.6 is 0 Å². The number of fused-ring (bicyclic) bond motifs is 1. The molecule has 0 aliphatic rings. The maximum absolute atomic E-state index is 2.30. The monoisotopic (exact) mass is 800 g/mol. The molecular weight excluding hydrogens is 745 g/mol. The van der Waals surface area contributed by atoms with Crippen molar-refractivity contribution in [1.82, 2.24) is 0 Å². The van der Waals surface area contributed by atoms with Crippen LogP contribution < -0.4 is 0 Å². The third kappa shape index (κ3) is 10.3. The maximum atomic E-state index is 2.30. The molecule has 62 heavy (non-hydrogen) atoms. The summed E-state index contributed by atoms with van der Waals surface area (Å²) in [5.41, 5.74) is 17.2. The van der Waals surface area contributed by atoms with E-state index in [1.54, 1.807) is 0 Å². The van der Waals surface area contributed by atoms with Crippen LogP contribution in [0.1, 0.15) is 108 Å². The van der Waals surface area contributed by atoms with Crippen molar-refractivity contribution in [3.8, 4) is 0 Å². The van der Waals surface area contributed by atoms with Crippen molar-refractivity contribution in [3.05, 3.63) is 261 Å². The maximum Gasteiger partial charge on any atom is -0.0105 e. The van der Waals surface area contributed by atoms with Crippen LogP contribution in [-0.2, 0) is 10.8 Å². The first-order valence-corrected chi connectivity index (χ1v) is 21.8. The smallest absolute Gasteiger partial charge is 0.0105 e. The normalized spacial score (nSPS) is 12.7. The zero-order chi connectivity index (χ0) is 43.1. The van der Waals surface area contributed by atoms with Crippen molar-refractivity contribution in [1.29, 1.82) is 0 Å². The van der Waals surface area contributed by atoms with E-state index in [-0.39, 0.29) is 10.8 Å². The molecule has 0 heterocycles. The van der Waals surface area contributed by atoms with Crippen molar-refractivity contribution >= 4 is 58.4 Å². The molecule has 0 saturated carbocycles. The average Bonchev–Trinajstić information content (AvgIpc) is 3.29. The van der Waals surface area contributed by atoms with Crippen molar-refractivity contribution in [2.24, 2.45) is 0 Å². The Morgan fingerprint density at radius 3 is 0.952 bits per heavy atom. The average molecular weight is 801 g/mol. The molecule has 0 spiro atoms. The predicted molar refractivity (Wildman–Crippen MR) is 272 cm³/mol. The van der Waals surface area contributed by atoms with Gasteiger partial charge < -0.3 is 0 Å². The molecule has 0 radical (unpaired) electrons. The van der Waals surface area contributed by atoms with Gasteiger partial charge in [0.25, 0.3) is 0 Å². The third-order valence-electron chi connectivity index (χ3n) is 11.7. The van der Waals surface area contributed by atoms with Gasteiger partial charge in [-0.2, -0.15) is 0 Å². The first-order chi connectivity index (χ1) is 30.0. The quantitative estimate of drug-likeness (QED) is 0.121. The molecule has 8 aromatic carbocycles. The van der Waals surface area contributed by atoms with Crippen LogP contribution in [0.5, 0.6) is 0 Å². The second-order valence-corrected chi connectivity index (χ2v) is 18.3. The topological polar surface area (TPSA) is 0 Å². The molecule has 0 saturated heterocycles. The highest BCUT2D eigenvalue weighted by molar-refractivity contribution is 5.94. The molecule has 0 N–H and O–H groups in total. The van der Waals surface area contributed by atoms with Gasteiger partial charge in [0.1, 0.15) is 0 Å². The molecule has 304 valence electrons. The summed E-state index contributed by atoms with van der Waals surface area (Å²) < 4.78 is 0. The highest BCUT2D eigenvalue weighted by Gasteiger charge is 2.16. The van der Waals surface area contributed by atoms with Gasteiger partial charge in [0.05, 0.1) is 0 Å². The summed E-state index contributed by atoms with van der Waals surface area (Å²) in [5.74, 6) is 0. The Bertz CT molecular complexity index is 2670.